The summed E-state index contributed by atoms with van der Waals surface area (Å²) in [7, 11) is 6.05. The lowest BCUT2D eigenvalue weighted by molar-refractivity contribution is 0.0989. The highest BCUT2D eigenvalue weighted by molar-refractivity contribution is 6.09. The molecular weight excluding hydrogens is 426 g/mol. The van der Waals surface area contributed by atoms with Gasteiger partial charge in [0.2, 0.25) is 0 Å². The van der Waals surface area contributed by atoms with Gasteiger partial charge in [0.25, 0.3) is 5.91 Å². The van der Waals surface area contributed by atoms with Crippen LogP contribution < -0.4 is 14.5 Å². The molecule has 1 atom stereocenters. The van der Waals surface area contributed by atoms with Crippen LogP contribution in [0.15, 0.2) is 60.8 Å². The lowest BCUT2D eigenvalue weighted by atomic mass is 10.1. The van der Waals surface area contributed by atoms with Crippen molar-refractivity contribution >= 4 is 17.4 Å². The number of hydrogen-bond donors (Lipinski definition) is 0. The van der Waals surface area contributed by atoms with Crippen molar-refractivity contribution < 1.29 is 9.53 Å². The summed E-state index contributed by atoms with van der Waals surface area (Å²) in [5, 5.41) is 0. The molecule has 0 aliphatic carbocycles. The van der Waals surface area contributed by atoms with Crippen molar-refractivity contribution in [3.05, 3.63) is 77.7 Å². The molecule has 0 bridgehead atoms. The number of rotatable bonds is 8. The van der Waals surface area contributed by atoms with Crippen LogP contribution in [-0.4, -0.2) is 61.6 Å². The highest BCUT2D eigenvalue weighted by Gasteiger charge is 2.28. The van der Waals surface area contributed by atoms with Crippen LogP contribution in [-0.2, 0) is 6.42 Å². The number of carbonyl (C=O) groups is 1. The van der Waals surface area contributed by atoms with E-state index in [2.05, 4.69) is 33.9 Å². The van der Waals surface area contributed by atoms with E-state index in [-0.39, 0.29) is 12.0 Å². The summed E-state index contributed by atoms with van der Waals surface area (Å²) in [5.41, 5.74) is 2.45. The third-order valence-electron chi connectivity index (χ3n) is 5.90. The van der Waals surface area contributed by atoms with Gasteiger partial charge < -0.3 is 19.4 Å². The van der Waals surface area contributed by atoms with Gasteiger partial charge in [-0.25, -0.2) is 9.97 Å². The first kappa shape index (κ1) is 23.7. The Labute approximate surface area is 202 Å². The fourth-order valence-corrected chi connectivity index (χ4v) is 4.14. The molecule has 1 unspecified atom stereocenters. The number of aromatic nitrogens is 2. The van der Waals surface area contributed by atoms with E-state index >= 15 is 0 Å². The van der Waals surface area contributed by atoms with Crippen molar-refractivity contribution in [1.82, 2.24) is 14.9 Å². The maximum absolute atomic E-state index is 13.5. The van der Waals surface area contributed by atoms with Gasteiger partial charge in [0.1, 0.15) is 29.1 Å². The summed E-state index contributed by atoms with van der Waals surface area (Å²) >= 11 is 0. The number of fused-ring (bicyclic) bond motifs is 1. The number of anilines is 2. The van der Waals surface area contributed by atoms with Crippen molar-refractivity contribution in [3.63, 3.8) is 0 Å². The maximum Gasteiger partial charge on any atom is 0.263 e. The van der Waals surface area contributed by atoms with E-state index in [1.807, 2.05) is 68.5 Å². The summed E-state index contributed by atoms with van der Waals surface area (Å²) in [6.45, 7) is 4.08. The van der Waals surface area contributed by atoms with Crippen LogP contribution in [0, 0.1) is 0 Å². The highest BCUT2D eigenvalue weighted by atomic mass is 16.5. The van der Waals surface area contributed by atoms with E-state index in [4.69, 9.17) is 4.74 Å². The molecule has 7 heteroatoms. The number of hydrogen-bond acceptors (Lipinski definition) is 6. The van der Waals surface area contributed by atoms with Gasteiger partial charge in [-0.2, -0.15) is 0 Å². The van der Waals surface area contributed by atoms with Gasteiger partial charge in [0.05, 0.1) is 0 Å². The number of benzene rings is 2. The summed E-state index contributed by atoms with van der Waals surface area (Å²) in [6.07, 6.45) is 3.32. The van der Waals surface area contributed by atoms with Crippen LogP contribution >= 0.6 is 0 Å². The average molecular weight is 460 g/mol. The van der Waals surface area contributed by atoms with Crippen LogP contribution in [0.3, 0.4) is 0 Å². The van der Waals surface area contributed by atoms with Crippen LogP contribution in [0.5, 0.6) is 5.75 Å². The molecular formula is C27H33N5O2. The second-order valence-corrected chi connectivity index (χ2v) is 8.93. The molecule has 0 fully saturated rings. The Kier molecular flexibility index (Phi) is 7.43. The highest BCUT2D eigenvalue weighted by Crippen LogP contribution is 2.30. The maximum atomic E-state index is 13.5. The third-order valence-corrected chi connectivity index (χ3v) is 5.90. The molecule has 0 N–H and O–H groups in total. The lowest BCUT2D eigenvalue weighted by Crippen LogP contribution is -2.33. The molecule has 3 aromatic rings. The Morgan fingerprint density at radius 2 is 1.88 bits per heavy atom. The Bertz CT molecular complexity index is 1120. The Balaban J connectivity index is 1.61. The summed E-state index contributed by atoms with van der Waals surface area (Å²) < 4.78 is 6.43. The molecule has 0 saturated heterocycles. The second kappa shape index (κ2) is 10.7. The number of nitrogens with zero attached hydrogens (tertiary/aromatic N) is 5. The van der Waals surface area contributed by atoms with Crippen LogP contribution in [0.25, 0.3) is 0 Å². The van der Waals surface area contributed by atoms with E-state index in [0.29, 0.717) is 24.5 Å². The molecule has 1 aliphatic rings. The summed E-state index contributed by atoms with van der Waals surface area (Å²) in [4.78, 5) is 28.6. The van der Waals surface area contributed by atoms with Gasteiger partial charge in [0.15, 0.2) is 0 Å². The topological polar surface area (TPSA) is 61.8 Å². The smallest absolute Gasteiger partial charge is 0.263 e. The van der Waals surface area contributed by atoms with Crippen LogP contribution in [0.1, 0.15) is 41.2 Å². The molecule has 7 nitrogen and oxygen atoms in total. The SMILES string of the molecule is CCCc1ncc2c(n1)N(C)CCN(c1cccc(OC(CN(C)C)c3ccccc3)c1)C2=O. The minimum absolute atomic E-state index is 0.0903. The quantitative estimate of drug-likeness (QED) is 0.503. The molecule has 0 spiro atoms. The first-order valence-electron chi connectivity index (χ1n) is 11.8. The molecule has 1 aromatic heterocycles. The Morgan fingerprint density at radius 3 is 2.62 bits per heavy atom. The van der Waals surface area contributed by atoms with Crippen molar-refractivity contribution in [3.8, 4) is 5.75 Å². The number of aryl methyl sites for hydroxylation is 1. The first-order valence-corrected chi connectivity index (χ1v) is 11.8. The number of amides is 1. The molecule has 34 heavy (non-hydrogen) atoms. The second-order valence-electron chi connectivity index (χ2n) is 8.93. The number of likely N-dealkylation sites (N-methyl/N-ethyl adjacent to an activating group) is 2. The predicted molar refractivity (Wildman–Crippen MR) is 136 cm³/mol. The van der Waals surface area contributed by atoms with Gasteiger partial charge in [-0.1, -0.05) is 43.3 Å². The zero-order chi connectivity index (χ0) is 24.1. The first-order chi connectivity index (χ1) is 16.5. The van der Waals surface area contributed by atoms with Crippen LogP contribution in [0.4, 0.5) is 11.5 Å². The molecule has 0 radical (unpaired) electrons. The molecule has 2 aromatic carbocycles. The van der Waals surface area contributed by atoms with E-state index in [1.54, 1.807) is 11.1 Å². The lowest BCUT2D eigenvalue weighted by Gasteiger charge is -2.25. The van der Waals surface area contributed by atoms with Crippen molar-refractivity contribution in [2.75, 3.05) is 50.6 Å². The van der Waals surface area contributed by atoms with Gasteiger partial charge >= 0.3 is 0 Å². The zero-order valence-electron chi connectivity index (χ0n) is 20.4. The predicted octanol–water partition coefficient (Wildman–Crippen LogP) is 4.21. The van der Waals surface area contributed by atoms with Crippen molar-refractivity contribution in [1.29, 1.82) is 0 Å². The fourth-order valence-electron chi connectivity index (χ4n) is 4.14. The van der Waals surface area contributed by atoms with E-state index in [0.717, 1.165) is 42.2 Å². The van der Waals surface area contributed by atoms with Crippen molar-refractivity contribution in [2.24, 2.45) is 0 Å². The normalized spacial score (nSPS) is 14.7. The van der Waals surface area contributed by atoms with Crippen molar-refractivity contribution in [2.45, 2.75) is 25.9 Å². The molecule has 178 valence electrons. The van der Waals surface area contributed by atoms with Crippen LogP contribution in [0.2, 0.25) is 0 Å². The minimum atomic E-state index is -0.122. The summed E-state index contributed by atoms with van der Waals surface area (Å²) in [6, 6.07) is 18.0. The average Bonchev–Trinajstić information content (AvgIpc) is 2.96. The Hall–Kier alpha value is -3.45. The summed E-state index contributed by atoms with van der Waals surface area (Å²) in [5.74, 6) is 2.12. The van der Waals surface area contributed by atoms with E-state index in [9.17, 15) is 4.79 Å². The molecule has 1 aliphatic heterocycles. The standard InChI is InChI=1S/C27H33N5O2/c1-5-10-25-28-18-23-26(29-25)31(4)15-16-32(27(23)33)21-13-9-14-22(17-21)34-24(19-30(2)3)20-11-7-6-8-12-20/h6-9,11-14,17-18,24H,5,10,15-16,19H2,1-4H3. The number of ether oxygens (including phenoxy) is 1. The van der Waals surface area contributed by atoms with Gasteiger partial charge in [-0.3, -0.25) is 4.79 Å². The number of carbonyl (C=O) groups excluding carboxylic acids is 1. The molecule has 4 rings (SSSR count). The monoisotopic (exact) mass is 459 g/mol. The molecule has 2 heterocycles. The minimum Gasteiger partial charge on any atom is -0.484 e. The Morgan fingerprint density at radius 1 is 1.09 bits per heavy atom. The molecule has 0 saturated carbocycles. The van der Waals surface area contributed by atoms with E-state index in [1.165, 1.54) is 0 Å². The third kappa shape index (κ3) is 5.37. The van der Waals surface area contributed by atoms with Gasteiger partial charge in [-0.05, 0) is 38.2 Å². The van der Waals surface area contributed by atoms with E-state index < -0.39 is 0 Å². The zero-order valence-corrected chi connectivity index (χ0v) is 20.4. The largest absolute Gasteiger partial charge is 0.484 e. The van der Waals surface area contributed by atoms with Gasteiger partial charge in [-0.15, -0.1) is 0 Å². The van der Waals surface area contributed by atoms with Gasteiger partial charge in [0, 0.05) is 51.1 Å². The molecule has 1 amide bonds. The fraction of sp³-hybridized carbons (Fsp3) is 0.370.